The Labute approximate surface area is 177 Å². The van der Waals surface area contributed by atoms with Gasteiger partial charge in [0.2, 0.25) is 10.0 Å². The molecule has 1 aliphatic heterocycles. The lowest BCUT2D eigenvalue weighted by atomic mass is 10.2. The molecule has 3 rings (SSSR count). The molecule has 2 N–H and O–H groups in total. The molecule has 1 aromatic heterocycles. The van der Waals surface area contributed by atoms with Crippen molar-refractivity contribution in [1.29, 1.82) is 0 Å². The maximum Gasteiger partial charge on any atom is 0.243 e. The van der Waals surface area contributed by atoms with E-state index in [2.05, 4.69) is 27.5 Å². The average Bonchev–Trinajstić information content (AvgIpc) is 3.06. The maximum atomic E-state index is 13.1. The van der Waals surface area contributed by atoms with Gasteiger partial charge < -0.3 is 10.6 Å². The quantitative estimate of drug-likeness (QED) is 0.538. The number of aromatic nitrogens is 1. The number of piperidine rings is 1. The molecule has 158 valence electrons. The van der Waals surface area contributed by atoms with Crippen LogP contribution in [-0.4, -0.2) is 43.8 Å². The Morgan fingerprint density at radius 3 is 2.48 bits per heavy atom. The zero-order valence-electron chi connectivity index (χ0n) is 17.2. The average molecular weight is 436 g/mol. The highest BCUT2D eigenvalue weighted by molar-refractivity contribution is 7.89. The minimum Gasteiger partial charge on any atom is -0.352 e. The summed E-state index contributed by atoms with van der Waals surface area (Å²) in [7, 11) is -1.78. The highest BCUT2D eigenvalue weighted by Gasteiger charge is 2.27. The van der Waals surface area contributed by atoms with E-state index in [4.69, 9.17) is 0 Å². The zero-order valence-corrected chi connectivity index (χ0v) is 18.9. The number of nitrogens with zero attached hydrogens (tertiary/aromatic N) is 3. The van der Waals surface area contributed by atoms with E-state index in [0.717, 1.165) is 35.5 Å². The third-order valence-electron chi connectivity index (χ3n) is 5.06. The van der Waals surface area contributed by atoms with Gasteiger partial charge in [0.05, 0.1) is 17.1 Å². The largest absolute Gasteiger partial charge is 0.352 e. The van der Waals surface area contributed by atoms with Gasteiger partial charge in [0.15, 0.2) is 5.96 Å². The molecule has 2 heterocycles. The van der Waals surface area contributed by atoms with Gasteiger partial charge in [-0.15, -0.1) is 11.3 Å². The molecule has 0 spiro atoms. The molecule has 1 fully saturated rings. The standard InChI is InChI=1S/C20H29N5O2S2/c1-15-16(2)28-19(24-15)14-23-20(21-3)22-13-17-9-5-6-10-18(17)29(26,27)25-11-7-4-8-12-25/h5-6,9-10H,4,7-8,11-14H2,1-3H3,(H2,21,22,23). The fraction of sp³-hybridized carbons (Fsp3) is 0.500. The number of guanidine groups is 1. The minimum atomic E-state index is -3.48. The summed E-state index contributed by atoms with van der Waals surface area (Å²) >= 11 is 1.66. The molecule has 0 unspecified atom stereocenters. The van der Waals surface area contributed by atoms with Crippen LogP contribution in [0.15, 0.2) is 34.2 Å². The first kappa shape index (κ1) is 21.7. The lowest BCUT2D eigenvalue weighted by Crippen LogP contribution is -2.38. The fourth-order valence-electron chi connectivity index (χ4n) is 3.32. The third-order valence-corrected chi connectivity index (χ3v) is 8.13. The van der Waals surface area contributed by atoms with Crippen LogP contribution in [0.1, 0.15) is 40.4 Å². The van der Waals surface area contributed by atoms with Crippen LogP contribution in [0.4, 0.5) is 0 Å². The van der Waals surface area contributed by atoms with E-state index in [1.165, 1.54) is 4.88 Å². The molecule has 9 heteroatoms. The Morgan fingerprint density at radius 1 is 1.14 bits per heavy atom. The van der Waals surface area contributed by atoms with E-state index < -0.39 is 10.0 Å². The van der Waals surface area contributed by atoms with E-state index in [0.29, 0.717) is 37.0 Å². The van der Waals surface area contributed by atoms with Crippen LogP contribution in [0.25, 0.3) is 0 Å². The van der Waals surface area contributed by atoms with Gasteiger partial charge in [-0.05, 0) is 38.3 Å². The number of thiazole rings is 1. The number of aliphatic imine (C=N–C) groups is 1. The molecule has 7 nitrogen and oxygen atoms in total. The Morgan fingerprint density at radius 2 is 1.83 bits per heavy atom. The molecule has 2 aromatic rings. The lowest BCUT2D eigenvalue weighted by molar-refractivity contribution is 0.346. The summed E-state index contributed by atoms with van der Waals surface area (Å²) in [4.78, 5) is 10.3. The van der Waals surface area contributed by atoms with Crippen molar-refractivity contribution < 1.29 is 8.42 Å². The van der Waals surface area contributed by atoms with Gasteiger partial charge in [0.25, 0.3) is 0 Å². The number of sulfonamides is 1. The van der Waals surface area contributed by atoms with E-state index in [9.17, 15) is 8.42 Å². The van der Waals surface area contributed by atoms with Crippen molar-refractivity contribution in [3.05, 3.63) is 45.4 Å². The number of benzene rings is 1. The maximum absolute atomic E-state index is 13.1. The molecular formula is C20H29N5O2S2. The zero-order chi connectivity index (χ0) is 20.9. The smallest absolute Gasteiger partial charge is 0.243 e. The first-order chi connectivity index (χ1) is 13.9. The van der Waals surface area contributed by atoms with Gasteiger partial charge in [0, 0.05) is 31.6 Å². The van der Waals surface area contributed by atoms with Crippen molar-refractivity contribution in [1.82, 2.24) is 19.9 Å². The Bertz CT molecular complexity index is 944. The molecule has 0 aliphatic carbocycles. The number of nitrogens with one attached hydrogen (secondary N) is 2. The van der Waals surface area contributed by atoms with Crippen LogP contribution in [0.5, 0.6) is 0 Å². The second-order valence-electron chi connectivity index (χ2n) is 7.10. The van der Waals surface area contributed by atoms with E-state index >= 15 is 0 Å². The van der Waals surface area contributed by atoms with Gasteiger partial charge in [-0.25, -0.2) is 13.4 Å². The summed E-state index contributed by atoms with van der Waals surface area (Å²) in [6.07, 6.45) is 2.94. The molecule has 1 aliphatic rings. The fourth-order valence-corrected chi connectivity index (χ4v) is 5.93. The summed E-state index contributed by atoms with van der Waals surface area (Å²) in [5.41, 5.74) is 1.79. The van der Waals surface area contributed by atoms with Crippen molar-refractivity contribution in [2.45, 2.75) is 51.1 Å². The minimum absolute atomic E-state index is 0.371. The van der Waals surface area contributed by atoms with Gasteiger partial charge in [-0.3, -0.25) is 4.99 Å². The predicted molar refractivity (Wildman–Crippen MR) is 118 cm³/mol. The van der Waals surface area contributed by atoms with Gasteiger partial charge in [0.1, 0.15) is 5.01 Å². The Hall–Kier alpha value is -1.97. The highest BCUT2D eigenvalue weighted by atomic mass is 32.2. The number of hydrogen-bond donors (Lipinski definition) is 2. The van der Waals surface area contributed by atoms with Gasteiger partial charge in [-0.2, -0.15) is 4.31 Å². The molecule has 29 heavy (non-hydrogen) atoms. The lowest BCUT2D eigenvalue weighted by Gasteiger charge is -2.27. The molecular weight excluding hydrogens is 406 g/mol. The summed E-state index contributed by atoms with van der Waals surface area (Å²) < 4.78 is 27.8. The first-order valence-electron chi connectivity index (χ1n) is 9.87. The van der Waals surface area contributed by atoms with Crippen molar-refractivity contribution in [3.63, 3.8) is 0 Å². The van der Waals surface area contributed by atoms with Crippen molar-refractivity contribution in [2.75, 3.05) is 20.1 Å². The second kappa shape index (κ2) is 9.69. The number of rotatable bonds is 6. The van der Waals surface area contributed by atoms with E-state index in [1.807, 2.05) is 19.1 Å². The third kappa shape index (κ3) is 5.34. The van der Waals surface area contributed by atoms with Crippen molar-refractivity contribution in [2.24, 2.45) is 4.99 Å². The topological polar surface area (TPSA) is 86.7 Å². The van der Waals surface area contributed by atoms with Gasteiger partial charge in [-0.1, -0.05) is 24.6 Å². The number of hydrogen-bond acceptors (Lipinski definition) is 5. The number of aryl methyl sites for hydroxylation is 2. The monoisotopic (exact) mass is 435 g/mol. The van der Waals surface area contributed by atoms with Crippen LogP contribution < -0.4 is 10.6 Å². The Balaban J connectivity index is 1.66. The Kier molecular flexibility index (Phi) is 7.26. The van der Waals surface area contributed by atoms with Crippen LogP contribution in [0.2, 0.25) is 0 Å². The summed E-state index contributed by atoms with van der Waals surface area (Å²) in [6, 6.07) is 7.19. The molecule has 1 saturated heterocycles. The van der Waals surface area contributed by atoms with E-state index in [-0.39, 0.29) is 0 Å². The first-order valence-corrected chi connectivity index (χ1v) is 12.1. The van der Waals surface area contributed by atoms with Crippen LogP contribution in [0.3, 0.4) is 0 Å². The van der Waals surface area contributed by atoms with Crippen molar-refractivity contribution >= 4 is 27.3 Å². The van der Waals surface area contributed by atoms with E-state index in [1.54, 1.807) is 34.8 Å². The van der Waals surface area contributed by atoms with Crippen LogP contribution in [-0.2, 0) is 23.1 Å². The molecule has 0 saturated carbocycles. The molecule has 0 bridgehead atoms. The summed E-state index contributed by atoms with van der Waals surface area (Å²) in [6.45, 7) is 6.21. The van der Waals surface area contributed by atoms with Crippen LogP contribution in [0, 0.1) is 13.8 Å². The molecule has 0 radical (unpaired) electrons. The highest BCUT2D eigenvalue weighted by Crippen LogP contribution is 2.23. The molecule has 0 atom stereocenters. The summed E-state index contributed by atoms with van der Waals surface area (Å²) in [5.74, 6) is 0.612. The summed E-state index contributed by atoms with van der Waals surface area (Å²) in [5, 5.41) is 7.47. The molecule has 1 aromatic carbocycles. The predicted octanol–water partition coefficient (Wildman–Crippen LogP) is 2.80. The van der Waals surface area contributed by atoms with Gasteiger partial charge >= 0.3 is 0 Å². The second-order valence-corrected chi connectivity index (χ2v) is 10.3. The molecule has 0 amide bonds. The SMILES string of the molecule is CN=C(NCc1nc(C)c(C)s1)NCc1ccccc1S(=O)(=O)N1CCCCC1. The van der Waals surface area contributed by atoms with Crippen LogP contribution >= 0.6 is 11.3 Å². The van der Waals surface area contributed by atoms with Crippen molar-refractivity contribution in [3.8, 4) is 0 Å². The normalized spacial score (nSPS) is 16.0.